The van der Waals surface area contributed by atoms with Gasteiger partial charge in [-0.05, 0) is 51.0 Å². The van der Waals surface area contributed by atoms with Crippen molar-refractivity contribution in [3.63, 3.8) is 0 Å². The highest BCUT2D eigenvalue weighted by molar-refractivity contribution is 5.86. The number of hydrogen-bond donors (Lipinski definition) is 2. The quantitative estimate of drug-likeness (QED) is 0.773. The van der Waals surface area contributed by atoms with Crippen molar-refractivity contribution >= 4 is 5.91 Å². The molecule has 0 radical (unpaired) electrons. The lowest BCUT2D eigenvalue weighted by molar-refractivity contribution is -0.140. The van der Waals surface area contributed by atoms with Gasteiger partial charge in [-0.1, -0.05) is 6.92 Å². The summed E-state index contributed by atoms with van der Waals surface area (Å²) in [5.74, 6) is 1.81. The average Bonchev–Trinajstić information content (AvgIpc) is 2.88. The van der Waals surface area contributed by atoms with Crippen LogP contribution in [-0.2, 0) is 4.79 Å². The molecule has 3 aliphatic rings. The van der Waals surface area contributed by atoms with Crippen molar-refractivity contribution in [3.05, 3.63) is 0 Å². The zero-order valence-corrected chi connectivity index (χ0v) is 11.5. The maximum Gasteiger partial charge on any atom is 0.242 e. The molecule has 102 valence electrons. The first kappa shape index (κ1) is 12.4. The summed E-state index contributed by atoms with van der Waals surface area (Å²) in [5, 5.41) is 13.6. The van der Waals surface area contributed by atoms with E-state index in [2.05, 4.69) is 5.32 Å². The number of likely N-dealkylation sites (N-methyl/N-ethyl adjacent to an activating group) is 1. The summed E-state index contributed by atoms with van der Waals surface area (Å²) in [6, 6.07) is 0.0965. The van der Waals surface area contributed by atoms with Gasteiger partial charge in [-0.3, -0.25) is 4.79 Å². The minimum absolute atomic E-state index is 0.0965. The highest BCUT2D eigenvalue weighted by atomic mass is 16.3. The van der Waals surface area contributed by atoms with E-state index in [0.717, 1.165) is 25.9 Å². The van der Waals surface area contributed by atoms with Gasteiger partial charge in [0.05, 0.1) is 17.7 Å². The summed E-state index contributed by atoms with van der Waals surface area (Å²) >= 11 is 0. The van der Waals surface area contributed by atoms with E-state index < -0.39 is 5.54 Å². The normalized spacial score (nSPS) is 41.8. The SMILES string of the molecule is CCNC(C)(C)C(=O)N1CC2CC3CC2C1C3O. The van der Waals surface area contributed by atoms with E-state index in [0.29, 0.717) is 17.8 Å². The number of amides is 1. The molecule has 1 amide bonds. The monoisotopic (exact) mass is 252 g/mol. The second kappa shape index (κ2) is 3.94. The second-order valence-corrected chi connectivity index (χ2v) is 6.75. The summed E-state index contributed by atoms with van der Waals surface area (Å²) in [4.78, 5) is 14.6. The highest BCUT2D eigenvalue weighted by Crippen LogP contribution is 2.55. The summed E-state index contributed by atoms with van der Waals surface area (Å²) < 4.78 is 0. The molecule has 4 nitrogen and oxygen atoms in total. The Labute approximate surface area is 109 Å². The minimum Gasteiger partial charge on any atom is -0.391 e. The largest absolute Gasteiger partial charge is 0.391 e. The summed E-state index contributed by atoms with van der Waals surface area (Å²) in [6.45, 7) is 7.55. The third-order valence-electron chi connectivity index (χ3n) is 5.26. The Bertz CT molecular complexity index is 367. The molecule has 0 aromatic rings. The van der Waals surface area contributed by atoms with Crippen LogP contribution in [0, 0.1) is 17.8 Å². The summed E-state index contributed by atoms with van der Waals surface area (Å²) in [5.41, 5.74) is -0.518. The molecule has 1 heterocycles. The molecule has 4 heteroatoms. The Morgan fingerprint density at radius 1 is 1.39 bits per heavy atom. The van der Waals surface area contributed by atoms with Gasteiger partial charge in [-0.2, -0.15) is 0 Å². The molecule has 2 N–H and O–H groups in total. The standard InChI is InChI=1S/C14H24N2O2/c1-4-15-14(2,3)13(18)16-7-9-5-8-6-10(9)11(16)12(8)17/h8-12,15,17H,4-7H2,1-3H3. The van der Waals surface area contributed by atoms with E-state index in [4.69, 9.17) is 0 Å². The maximum absolute atomic E-state index is 12.7. The first-order valence-electron chi connectivity index (χ1n) is 7.20. The van der Waals surface area contributed by atoms with E-state index in [1.54, 1.807) is 0 Å². The predicted octanol–water partition coefficient (Wildman–Crippen LogP) is 0.602. The number of nitrogens with zero attached hydrogens (tertiary/aromatic N) is 1. The first-order valence-corrected chi connectivity index (χ1v) is 7.20. The number of hydrogen-bond acceptors (Lipinski definition) is 3. The average molecular weight is 252 g/mol. The Morgan fingerprint density at radius 3 is 2.72 bits per heavy atom. The minimum atomic E-state index is -0.518. The van der Waals surface area contributed by atoms with Gasteiger partial charge in [-0.25, -0.2) is 0 Å². The zero-order valence-electron chi connectivity index (χ0n) is 11.5. The number of aliphatic hydroxyl groups is 1. The van der Waals surface area contributed by atoms with Crippen LogP contribution in [0.2, 0.25) is 0 Å². The Hall–Kier alpha value is -0.610. The van der Waals surface area contributed by atoms with Crippen LogP contribution < -0.4 is 5.32 Å². The number of carbonyl (C=O) groups excluding carboxylic acids is 1. The van der Waals surface area contributed by atoms with Crippen molar-refractivity contribution in [2.24, 2.45) is 17.8 Å². The molecule has 0 aromatic carbocycles. The number of nitrogens with one attached hydrogen (secondary N) is 1. The fourth-order valence-electron chi connectivity index (χ4n) is 4.53. The number of aliphatic hydroxyl groups excluding tert-OH is 1. The third kappa shape index (κ3) is 1.55. The molecule has 2 saturated carbocycles. The van der Waals surface area contributed by atoms with Crippen molar-refractivity contribution in [2.75, 3.05) is 13.1 Å². The fraction of sp³-hybridized carbons (Fsp3) is 0.929. The molecular formula is C14H24N2O2. The van der Waals surface area contributed by atoms with Gasteiger partial charge in [0, 0.05) is 6.54 Å². The topological polar surface area (TPSA) is 52.6 Å². The van der Waals surface area contributed by atoms with Gasteiger partial charge >= 0.3 is 0 Å². The van der Waals surface area contributed by atoms with Crippen molar-refractivity contribution in [1.82, 2.24) is 10.2 Å². The van der Waals surface area contributed by atoms with Gasteiger partial charge in [-0.15, -0.1) is 0 Å². The molecule has 2 bridgehead atoms. The molecule has 1 aliphatic heterocycles. The number of rotatable bonds is 3. The van der Waals surface area contributed by atoms with E-state index >= 15 is 0 Å². The summed E-state index contributed by atoms with van der Waals surface area (Å²) in [7, 11) is 0. The Balaban J connectivity index is 1.80. The highest BCUT2D eigenvalue weighted by Gasteiger charge is 2.60. The van der Waals surface area contributed by atoms with E-state index in [9.17, 15) is 9.90 Å². The van der Waals surface area contributed by atoms with Crippen molar-refractivity contribution in [2.45, 2.75) is 51.3 Å². The molecule has 2 aliphatic carbocycles. The Morgan fingerprint density at radius 2 is 2.11 bits per heavy atom. The third-order valence-corrected chi connectivity index (χ3v) is 5.26. The fourth-order valence-corrected chi connectivity index (χ4v) is 4.53. The maximum atomic E-state index is 12.7. The van der Waals surface area contributed by atoms with Crippen LogP contribution in [0.3, 0.4) is 0 Å². The van der Waals surface area contributed by atoms with E-state index in [-0.39, 0.29) is 18.1 Å². The van der Waals surface area contributed by atoms with Crippen LogP contribution in [-0.4, -0.2) is 46.7 Å². The van der Waals surface area contributed by atoms with Crippen LogP contribution in [0.4, 0.5) is 0 Å². The molecule has 1 saturated heterocycles. The van der Waals surface area contributed by atoms with Gasteiger partial charge in [0.2, 0.25) is 5.91 Å². The number of carbonyl (C=O) groups is 1. The lowest BCUT2D eigenvalue weighted by Gasteiger charge is -2.35. The van der Waals surface area contributed by atoms with Crippen LogP contribution in [0.5, 0.6) is 0 Å². The molecular weight excluding hydrogens is 228 g/mol. The summed E-state index contributed by atoms with van der Waals surface area (Å²) in [6.07, 6.45) is 1.96. The van der Waals surface area contributed by atoms with Gasteiger partial charge in [0.15, 0.2) is 0 Å². The lowest BCUT2D eigenvalue weighted by Crippen LogP contribution is -2.57. The zero-order chi connectivity index (χ0) is 13.1. The smallest absolute Gasteiger partial charge is 0.242 e. The second-order valence-electron chi connectivity index (χ2n) is 6.75. The first-order chi connectivity index (χ1) is 8.45. The molecule has 3 rings (SSSR count). The lowest BCUT2D eigenvalue weighted by atomic mass is 9.88. The van der Waals surface area contributed by atoms with Crippen molar-refractivity contribution in [1.29, 1.82) is 0 Å². The Kier molecular flexibility index (Phi) is 2.72. The molecule has 0 aromatic heterocycles. The van der Waals surface area contributed by atoms with Gasteiger partial charge in [0.25, 0.3) is 0 Å². The van der Waals surface area contributed by atoms with E-state index in [1.165, 1.54) is 0 Å². The molecule has 0 spiro atoms. The van der Waals surface area contributed by atoms with Gasteiger partial charge < -0.3 is 15.3 Å². The van der Waals surface area contributed by atoms with Crippen LogP contribution >= 0.6 is 0 Å². The van der Waals surface area contributed by atoms with Gasteiger partial charge in [0.1, 0.15) is 0 Å². The van der Waals surface area contributed by atoms with Crippen LogP contribution in [0.15, 0.2) is 0 Å². The van der Waals surface area contributed by atoms with Crippen molar-refractivity contribution in [3.8, 4) is 0 Å². The molecule has 5 atom stereocenters. The number of fused-ring (bicyclic) bond motifs is 1. The molecule has 18 heavy (non-hydrogen) atoms. The number of likely N-dealkylation sites (tertiary alicyclic amines) is 1. The van der Waals surface area contributed by atoms with Crippen molar-refractivity contribution < 1.29 is 9.90 Å². The van der Waals surface area contributed by atoms with Crippen LogP contribution in [0.25, 0.3) is 0 Å². The van der Waals surface area contributed by atoms with E-state index in [1.807, 2.05) is 25.7 Å². The molecule has 3 fully saturated rings. The van der Waals surface area contributed by atoms with Crippen LogP contribution in [0.1, 0.15) is 33.6 Å². The molecule has 5 unspecified atom stereocenters. The predicted molar refractivity (Wildman–Crippen MR) is 69.0 cm³/mol.